The quantitative estimate of drug-likeness (QED) is 0.243. The molecule has 0 bridgehead atoms. The predicted molar refractivity (Wildman–Crippen MR) is 105 cm³/mol. The Morgan fingerprint density at radius 3 is 2.54 bits per heavy atom. The second-order valence-electron chi connectivity index (χ2n) is 6.24. The molecule has 2 unspecified atom stereocenters. The molecule has 1 aromatic carbocycles. The third-order valence-corrected chi connectivity index (χ3v) is 5.45. The summed E-state index contributed by atoms with van der Waals surface area (Å²) in [5.74, 6) is 0. The lowest BCUT2D eigenvalue weighted by molar-refractivity contribution is 0.162. The first-order valence-electron chi connectivity index (χ1n) is 8.25. The first kappa shape index (κ1) is 24.3. The maximum Gasteiger partial charge on any atom is 0.483 e. The standard InChI is InChI=1S/C17H24N2O7P2/c1-13(2)6-4-7-14(3)10-17(25-28(23,24)26-27(20,21)22)19-16-9-5-8-15(11-16)12-18/h5-6,8-11,17,19H,4,7H2,1-3H3,(H,23,24)(H2,20,21,22)/b14-10+. The van der Waals surface area contributed by atoms with Crippen molar-refractivity contribution in [1.29, 1.82) is 5.26 Å². The number of hydrogen-bond donors (Lipinski definition) is 4. The lowest BCUT2D eigenvalue weighted by atomic mass is 10.1. The van der Waals surface area contributed by atoms with E-state index in [1.165, 1.54) is 12.1 Å². The van der Waals surface area contributed by atoms with E-state index in [2.05, 4.69) is 9.63 Å². The summed E-state index contributed by atoms with van der Waals surface area (Å²) >= 11 is 0. The zero-order valence-electron chi connectivity index (χ0n) is 15.8. The third kappa shape index (κ3) is 10.5. The third-order valence-electron chi connectivity index (χ3n) is 3.28. The van der Waals surface area contributed by atoms with Gasteiger partial charge in [0.05, 0.1) is 11.6 Å². The minimum Gasteiger partial charge on any atom is -0.356 e. The Bertz CT molecular complexity index is 867. The van der Waals surface area contributed by atoms with Crippen LogP contribution < -0.4 is 5.32 Å². The Balaban J connectivity index is 3.04. The molecule has 0 radical (unpaired) electrons. The maximum absolute atomic E-state index is 11.9. The fourth-order valence-electron chi connectivity index (χ4n) is 2.17. The van der Waals surface area contributed by atoms with Crippen molar-refractivity contribution < 1.29 is 32.6 Å². The van der Waals surface area contributed by atoms with Crippen LogP contribution in [0.25, 0.3) is 0 Å². The Hall–Kier alpha value is -1.75. The molecule has 0 aliphatic carbocycles. The highest BCUT2D eigenvalue weighted by atomic mass is 31.3. The summed E-state index contributed by atoms with van der Waals surface area (Å²) in [6, 6.07) is 8.25. The topological polar surface area (TPSA) is 149 Å². The van der Waals surface area contributed by atoms with Crippen LogP contribution in [0.1, 0.15) is 39.2 Å². The summed E-state index contributed by atoms with van der Waals surface area (Å²) in [5.41, 5.74) is 2.73. The molecule has 0 amide bonds. The minimum absolute atomic E-state index is 0.353. The summed E-state index contributed by atoms with van der Waals surface area (Å²) in [7, 11) is -10.3. The summed E-state index contributed by atoms with van der Waals surface area (Å²) in [6.45, 7) is 5.72. The van der Waals surface area contributed by atoms with Crippen molar-refractivity contribution in [3.63, 3.8) is 0 Å². The van der Waals surface area contributed by atoms with E-state index in [1.54, 1.807) is 25.1 Å². The number of nitrogens with one attached hydrogen (secondary N) is 1. The van der Waals surface area contributed by atoms with Crippen molar-refractivity contribution >= 4 is 21.3 Å². The van der Waals surface area contributed by atoms with Gasteiger partial charge in [0.15, 0.2) is 6.23 Å². The normalized spacial score (nSPS) is 15.2. The van der Waals surface area contributed by atoms with Crippen molar-refractivity contribution in [3.8, 4) is 6.07 Å². The van der Waals surface area contributed by atoms with E-state index in [4.69, 9.17) is 19.6 Å². The smallest absolute Gasteiger partial charge is 0.356 e. The Kier molecular flexibility index (Phi) is 9.28. The van der Waals surface area contributed by atoms with Gasteiger partial charge in [-0.25, -0.2) is 9.13 Å². The molecular formula is C17H24N2O7P2. The monoisotopic (exact) mass is 430 g/mol. The second-order valence-corrected chi connectivity index (χ2v) is 9.02. The highest BCUT2D eigenvalue weighted by molar-refractivity contribution is 7.60. The van der Waals surface area contributed by atoms with Crippen molar-refractivity contribution in [1.82, 2.24) is 0 Å². The number of rotatable bonds is 10. The van der Waals surface area contributed by atoms with E-state index in [0.29, 0.717) is 17.7 Å². The van der Waals surface area contributed by atoms with E-state index in [9.17, 15) is 14.0 Å². The molecule has 0 saturated heterocycles. The lowest BCUT2D eigenvalue weighted by Crippen LogP contribution is -2.20. The molecule has 0 saturated carbocycles. The average Bonchev–Trinajstić information content (AvgIpc) is 2.51. The minimum atomic E-state index is -5.24. The molecule has 0 aromatic heterocycles. The van der Waals surface area contributed by atoms with Crippen molar-refractivity contribution in [3.05, 3.63) is 53.1 Å². The first-order chi connectivity index (χ1) is 12.9. The van der Waals surface area contributed by atoms with Gasteiger partial charge in [0, 0.05) is 5.69 Å². The van der Waals surface area contributed by atoms with Gasteiger partial charge in [0.1, 0.15) is 0 Å². The molecule has 4 N–H and O–H groups in total. The molecule has 0 spiro atoms. The van der Waals surface area contributed by atoms with Crippen molar-refractivity contribution in [2.75, 3.05) is 5.32 Å². The van der Waals surface area contributed by atoms with Crippen LogP contribution in [0.2, 0.25) is 0 Å². The molecule has 0 aliphatic heterocycles. The number of benzene rings is 1. The number of anilines is 1. The molecule has 2 atom stereocenters. The van der Waals surface area contributed by atoms with Gasteiger partial charge in [-0.1, -0.05) is 23.3 Å². The number of hydrogen-bond acceptors (Lipinski definition) is 6. The number of nitriles is 1. The van der Waals surface area contributed by atoms with Crippen LogP contribution in [0.15, 0.2) is 47.6 Å². The van der Waals surface area contributed by atoms with Gasteiger partial charge < -0.3 is 20.0 Å². The van der Waals surface area contributed by atoms with Gasteiger partial charge >= 0.3 is 15.6 Å². The largest absolute Gasteiger partial charge is 0.483 e. The fraction of sp³-hybridized carbons (Fsp3) is 0.353. The summed E-state index contributed by atoms with van der Waals surface area (Å²) < 4.78 is 31.6. The summed E-state index contributed by atoms with van der Waals surface area (Å²) in [4.78, 5) is 27.2. The molecule has 1 aromatic rings. The summed E-state index contributed by atoms with van der Waals surface area (Å²) in [5, 5.41) is 11.8. The van der Waals surface area contributed by atoms with Gasteiger partial charge in [-0.2, -0.15) is 9.57 Å². The average molecular weight is 430 g/mol. The molecule has 154 valence electrons. The number of allylic oxidation sites excluding steroid dienone is 3. The molecular weight excluding hydrogens is 406 g/mol. The Morgan fingerprint density at radius 1 is 1.29 bits per heavy atom. The van der Waals surface area contributed by atoms with E-state index in [0.717, 1.165) is 17.6 Å². The highest BCUT2D eigenvalue weighted by Gasteiger charge is 2.34. The molecule has 0 fully saturated rings. The van der Waals surface area contributed by atoms with Crippen LogP contribution in [0, 0.1) is 11.3 Å². The van der Waals surface area contributed by atoms with Crippen molar-refractivity contribution in [2.24, 2.45) is 0 Å². The van der Waals surface area contributed by atoms with Crippen LogP contribution in [0.5, 0.6) is 0 Å². The SMILES string of the molecule is CC(C)=CCC/C(C)=C/C(Nc1cccc(C#N)c1)OP(=O)(O)OP(=O)(O)O. The molecule has 9 nitrogen and oxygen atoms in total. The summed E-state index contributed by atoms with van der Waals surface area (Å²) in [6.07, 6.45) is 3.69. The zero-order chi connectivity index (χ0) is 21.4. The van der Waals surface area contributed by atoms with E-state index < -0.39 is 21.9 Å². The fourth-order valence-corrected chi connectivity index (χ4v) is 3.80. The van der Waals surface area contributed by atoms with Gasteiger partial charge in [0.25, 0.3) is 0 Å². The van der Waals surface area contributed by atoms with Crippen LogP contribution in [-0.4, -0.2) is 20.9 Å². The van der Waals surface area contributed by atoms with Gasteiger partial charge in [-0.15, -0.1) is 0 Å². The van der Waals surface area contributed by atoms with E-state index >= 15 is 0 Å². The Morgan fingerprint density at radius 2 is 1.96 bits per heavy atom. The zero-order valence-corrected chi connectivity index (χ0v) is 17.6. The molecule has 1 rings (SSSR count). The van der Waals surface area contributed by atoms with Gasteiger partial charge in [-0.05, 0) is 57.9 Å². The maximum atomic E-state index is 11.9. The van der Waals surface area contributed by atoms with Crippen LogP contribution in [0.4, 0.5) is 5.69 Å². The first-order valence-corrected chi connectivity index (χ1v) is 11.3. The number of nitrogens with zero attached hydrogens (tertiary/aromatic N) is 1. The predicted octanol–water partition coefficient (Wildman–Crippen LogP) is 4.22. The Labute approximate surface area is 164 Å². The van der Waals surface area contributed by atoms with Crippen molar-refractivity contribution in [2.45, 2.75) is 39.8 Å². The number of phosphoric acid groups is 2. The molecule has 0 heterocycles. The number of phosphoric ester groups is 1. The highest BCUT2D eigenvalue weighted by Crippen LogP contribution is 2.58. The van der Waals surface area contributed by atoms with Crippen LogP contribution in [0.3, 0.4) is 0 Å². The molecule has 0 aliphatic rings. The lowest BCUT2D eigenvalue weighted by Gasteiger charge is -2.21. The van der Waals surface area contributed by atoms with Crippen LogP contribution >= 0.6 is 15.6 Å². The second kappa shape index (κ2) is 10.7. The van der Waals surface area contributed by atoms with E-state index in [-0.39, 0.29) is 0 Å². The molecule has 28 heavy (non-hydrogen) atoms. The van der Waals surface area contributed by atoms with E-state index in [1.807, 2.05) is 26.0 Å². The van der Waals surface area contributed by atoms with Gasteiger partial charge in [0.2, 0.25) is 0 Å². The molecule has 11 heteroatoms. The van der Waals surface area contributed by atoms with Crippen LogP contribution in [-0.2, 0) is 18.0 Å². The van der Waals surface area contributed by atoms with Gasteiger partial charge in [-0.3, -0.25) is 4.52 Å².